The van der Waals surface area contributed by atoms with Crippen molar-refractivity contribution in [3.8, 4) is 11.5 Å². The number of amides is 1. The van der Waals surface area contributed by atoms with Crippen molar-refractivity contribution in [3.05, 3.63) is 60.7 Å². The van der Waals surface area contributed by atoms with Crippen LogP contribution in [-0.4, -0.2) is 72.2 Å². The fourth-order valence-corrected chi connectivity index (χ4v) is 4.11. The number of ether oxygens (including phenoxy) is 4. The summed E-state index contributed by atoms with van der Waals surface area (Å²) in [6.45, 7) is 10.1. The minimum atomic E-state index is -0.204. The molecule has 0 aliphatic carbocycles. The first-order valence-corrected chi connectivity index (χ1v) is 11.9. The average Bonchev–Trinajstić information content (AvgIpc) is 2.92. The van der Waals surface area contributed by atoms with Crippen molar-refractivity contribution in [2.24, 2.45) is 0 Å². The maximum atomic E-state index is 12.8. The molecule has 0 bridgehead atoms. The van der Waals surface area contributed by atoms with Crippen molar-refractivity contribution < 1.29 is 23.7 Å². The van der Waals surface area contributed by atoms with Crippen LogP contribution in [0.5, 0.6) is 11.5 Å². The third kappa shape index (κ3) is 6.55. The molecule has 0 saturated carbocycles. The summed E-state index contributed by atoms with van der Waals surface area (Å²) in [6.07, 6.45) is 4.96. The van der Waals surface area contributed by atoms with Crippen LogP contribution in [0.4, 0.5) is 17.1 Å². The molecule has 2 aromatic rings. The second-order valence-corrected chi connectivity index (χ2v) is 8.23. The highest BCUT2D eigenvalue weighted by molar-refractivity contribution is 6.04. The van der Waals surface area contributed by atoms with E-state index in [0.717, 1.165) is 62.0 Å². The Balaban J connectivity index is 1.49. The largest absolute Gasteiger partial charge is 0.493 e. The smallest absolute Gasteiger partial charge is 0.248 e. The Labute approximate surface area is 206 Å². The van der Waals surface area contributed by atoms with E-state index in [0.29, 0.717) is 31.3 Å². The van der Waals surface area contributed by atoms with E-state index >= 15 is 0 Å². The minimum absolute atomic E-state index is 0.204. The van der Waals surface area contributed by atoms with Crippen LogP contribution >= 0.6 is 0 Å². The third-order valence-corrected chi connectivity index (χ3v) is 5.94. The molecule has 2 aliphatic rings. The number of methoxy groups -OCH3 is 1. The number of carbonyl (C=O) groups excluding carboxylic acids is 1. The predicted octanol–water partition coefficient (Wildman–Crippen LogP) is 3.59. The van der Waals surface area contributed by atoms with Gasteiger partial charge in [-0.25, -0.2) is 0 Å². The molecule has 8 nitrogen and oxygen atoms in total. The summed E-state index contributed by atoms with van der Waals surface area (Å²) in [5.41, 5.74) is 3.75. The summed E-state index contributed by atoms with van der Waals surface area (Å²) < 4.78 is 22.0. The molecule has 8 heteroatoms. The zero-order valence-electron chi connectivity index (χ0n) is 20.2. The Bertz CT molecular complexity index is 1040. The molecule has 0 unspecified atom stereocenters. The van der Waals surface area contributed by atoms with E-state index in [4.69, 9.17) is 18.9 Å². The van der Waals surface area contributed by atoms with Gasteiger partial charge in [0.2, 0.25) is 5.91 Å². The van der Waals surface area contributed by atoms with Gasteiger partial charge in [0.1, 0.15) is 6.61 Å². The maximum absolute atomic E-state index is 12.8. The van der Waals surface area contributed by atoms with E-state index in [1.165, 1.54) is 6.08 Å². The number of hydrogen-bond donors (Lipinski definition) is 1. The van der Waals surface area contributed by atoms with E-state index in [1.807, 2.05) is 24.3 Å². The van der Waals surface area contributed by atoms with Crippen molar-refractivity contribution in [2.75, 3.05) is 81.4 Å². The van der Waals surface area contributed by atoms with Gasteiger partial charge in [-0.15, -0.1) is 0 Å². The lowest BCUT2D eigenvalue weighted by Gasteiger charge is -2.33. The molecular weight excluding hydrogens is 446 g/mol. The molecule has 2 aromatic carbocycles. The molecular formula is C27H33N3O5. The molecule has 0 atom stereocenters. The van der Waals surface area contributed by atoms with Gasteiger partial charge < -0.3 is 34.1 Å². The van der Waals surface area contributed by atoms with Gasteiger partial charge >= 0.3 is 0 Å². The van der Waals surface area contributed by atoms with Crippen LogP contribution in [0.25, 0.3) is 6.08 Å². The Morgan fingerprint density at radius 3 is 2.40 bits per heavy atom. The highest BCUT2D eigenvalue weighted by Gasteiger charge is 2.19. The SMILES string of the molecule is C=CCOc1ccc(/C=C/C(=O)Nc2ccc(N3CCOCC3)cc2N2CCOCC2)cc1OC. The van der Waals surface area contributed by atoms with E-state index < -0.39 is 0 Å². The van der Waals surface area contributed by atoms with Gasteiger partial charge in [0, 0.05) is 37.9 Å². The minimum Gasteiger partial charge on any atom is -0.493 e. The van der Waals surface area contributed by atoms with Crippen LogP contribution in [0.1, 0.15) is 5.56 Å². The van der Waals surface area contributed by atoms with E-state index in [9.17, 15) is 4.79 Å². The molecule has 2 fully saturated rings. The van der Waals surface area contributed by atoms with Gasteiger partial charge in [-0.05, 0) is 42.0 Å². The summed E-state index contributed by atoms with van der Waals surface area (Å²) in [5, 5.41) is 3.06. The van der Waals surface area contributed by atoms with Gasteiger partial charge in [0.05, 0.1) is 44.9 Å². The number of benzene rings is 2. The second kappa shape index (κ2) is 12.3. The third-order valence-electron chi connectivity index (χ3n) is 5.94. The van der Waals surface area contributed by atoms with Crippen LogP contribution in [0.15, 0.2) is 55.1 Å². The zero-order chi connectivity index (χ0) is 24.5. The van der Waals surface area contributed by atoms with Gasteiger partial charge in [0.25, 0.3) is 0 Å². The van der Waals surface area contributed by atoms with E-state index in [2.05, 4.69) is 33.8 Å². The van der Waals surface area contributed by atoms with Crippen LogP contribution < -0.4 is 24.6 Å². The number of morpholine rings is 2. The molecule has 2 saturated heterocycles. The van der Waals surface area contributed by atoms with E-state index in [-0.39, 0.29) is 5.91 Å². The first-order chi connectivity index (χ1) is 17.2. The topological polar surface area (TPSA) is 72.5 Å². The van der Waals surface area contributed by atoms with Crippen molar-refractivity contribution >= 4 is 29.0 Å². The summed E-state index contributed by atoms with van der Waals surface area (Å²) in [7, 11) is 1.59. The number of nitrogens with zero attached hydrogens (tertiary/aromatic N) is 2. The van der Waals surface area contributed by atoms with Gasteiger partial charge in [-0.3, -0.25) is 4.79 Å². The maximum Gasteiger partial charge on any atom is 0.248 e. The molecule has 35 heavy (non-hydrogen) atoms. The number of hydrogen-bond acceptors (Lipinski definition) is 7. The van der Waals surface area contributed by atoms with Crippen LogP contribution in [0.2, 0.25) is 0 Å². The molecule has 0 spiro atoms. The van der Waals surface area contributed by atoms with Crippen LogP contribution in [0.3, 0.4) is 0 Å². The first kappa shape index (κ1) is 24.6. The molecule has 0 radical (unpaired) electrons. The summed E-state index contributed by atoms with van der Waals surface area (Å²) in [6, 6.07) is 11.7. The number of rotatable bonds is 9. The van der Waals surface area contributed by atoms with Gasteiger partial charge in [-0.2, -0.15) is 0 Å². The van der Waals surface area contributed by atoms with Crippen molar-refractivity contribution in [3.63, 3.8) is 0 Å². The van der Waals surface area contributed by atoms with Crippen molar-refractivity contribution in [1.82, 2.24) is 0 Å². The predicted molar refractivity (Wildman–Crippen MR) is 139 cm³/mol. The highest BCUT2D eigenvalue weighted by Crippen LogP contribution is 2.32. The van der Waals surface area contributed by atoms with Gasteiger partial charge in [0.15, 0.2) is 11.5 Å². The molecule has 186 valence electrons. The Morgan fingerprint density at radius 2 is 1.71 bits per heavy atom. The molecule has 4 rings (SSSR count). The highest BCUT2D eigenvalue weighted by atomic mass is 16.5. The summed E-state index contributed by atoms with van der Waals surface area (Å²) in [5.74, 6) is 1.02. The quantitative estimate of drug-likeness (QED) is 0.435. The molecule has 2 heterocycles. The molecule has 0 aromatic heterocycles. The van der Waals surface area contributed by atoms with Crippen molar-refractivity contribution in [1.29, 1.82) is 0 Å². The Morgan fingerprint density at radius 1 is 1.00 bits per heavy atom. The molecule has 1 amide bonds. The summed E-state index contributed by atoms with van der Waals surface area (Å²) >= 11 is 0. The zero-order valence-corrected chi connectivity index (χ0v) is 20.2. The Kier molecular flexibility index (Phi) is 8.64. The normalized spacial score (nSPS) is 16.3. The summed E-state index contributed by atoms with van der Waals surface area (Å²) in [4.78, 5) is 17.4. The standard InChI is InChI=1S/C27H33N3O5/c1-3-14-35-25-8-4-21(19-26(25)32-2)5-9-27(31)28-23-7-6-22(29-10-15-33-16-11-29)20-24(23)30-12-17-34-18-13-30/h3-9,19-20H,1,10-18H2,2H3,(H,28,31)/b9-5+. The first-order valence-electron chi connectivity index (χ1n) is 11.9. The number of nitrogens with one attached hydrogen (secondary N) is 1. The van der Waals surface area contributed by atoms with Gasteiger partial charge in [-0.1, -0.05) is 18.7 Å². The molecule has 2 aliphatic heterocycles. The molecule has 1 N–H and O–H groups in total. The monoisotopic (exact) mass is 479 g/mol. The lowest BCUT2D eigenvalue weighted by atomic mass is 10.1. The lowest BCUT2D eigenvalue weighted by molar-refractivity contribution is -0.111. The average molecular weight is 480 g/mol. The van der Waals surface area contributed by atoms with E-state index in [1.54, 1.807) is 19.3 Å². The Hall–Kier alpha value is -3.49. The fraction of sp³-hybridized carbons (Fsp3) is 0.370. The number of carbonyl (C=O) groups is 1. The second-order valence-electron chi connectivity index (χ2n) is 8.23. The van der Waals surface area contributed by atoms with Crippen LogP contribution in [0, 0.1) is 0 Å². The van der Waals surface area contributed by atoms with Crippen molar-refractivity contribution in [2.45, 2.75) is 0 Å². The lowest BCUT2D eigenvalue weighted by Crippen LogP contribution is -2.38. The van der Waals surface area contributed by atoms with Crippen LogP contribution in [-0.2, 0) is 14.3 Å². The fourth-order valence-electron chi connectivity index (χ4n) is 4.11. The number of anilines is 3.